The molecule has 2 rings (SSSR count). The largest absolute Gasteiger partial charge is 0.370 e. The molecule has 0 unspecified atom stereocenters. The second kappa shape index (κ2) is 6.30. The van der Waals surface area contributed by atoms with Gasteiger partial charge in [0.15, 0.2) is 0 Å². The first-order valence-corrected chi connectivity index (χ1v) is 6.18. The van der Waals surface area contributed by atoms with Gasteiger partial charge in [0.2, 0.25) is 0 Å². The van der Waals surface area contributed by atoms with E-state index in [2.05, 4.69) is 14.8 Å². The Hall–Kier alpha value is -1.93. The highest BCUT2D eigenvalue weighted by atomic mass is 16.7. The molecule has 8 nitrogen and oxygen atoms in total. The molecule has 1 aliphatic heterocycles. The average molecular weight is 267 g/mol. The highest BCUT2D eigenvalue weighted by Crippen LogP contribution is 2.16. The molecule has 0 atom stereocenters. The zero-order chi connectivity index (χ0) is 13.7. The maximum atomic E-state index is 11.8. The minimum absolute atomic E-state index is 0.0279. The minimum Gasteiger partial charge on any atom is -0.370 e. The van der Waals surface area contributed by atoms with E-state index in [-0.39, 0.29) is 18.5 Å². The number of aryl methyl sites for hydroxylation is 1. The van der Waals surface area contributed by atoms with Crippen molar-refractivity contribution in [3.8, 4) is 0 Å². The topological polar surface area (TPSA) is 102 Å². The van der Waals surface area contributed by atoms with Gasteiger partial charge < -0.3 is 9.74 Å². The summed E-state index contributed by atoms with van der Waals surface area (Å²) in [7, 11) is 0. The van der Waals surface area contributed by atoms with Crippen LogP contribution in [0.2, 0.25) is 0 Å². The Morgan fingerprint density at radius 1 is 1.47 bits per heavy atom. The van der Waals surface area contributed by atoms with Gasteiger partial charge in [-0.05, 0) is 12.8 Å². The number of carbonyl (C=O) groups is 1. The Bertz CT molecular complexity index is 495. The zero-order valence-corrected chi connectivity index (χ0v) is 10.5. The third-order valence-electron chi connectivity index (χ3n) is 3.03. The zero-order valence-electron chi connectivity index (χ0n) is 10.5. The second-order valence-electron chi connectivity index (χ2n) is 4.31. The van der Waals surface area contributed by atoms with Gasteiger partial charge in [-0.3, -0.25) is 9.59 Å². The Balaban J connectivity index is 1.99. The van der Waals surface area contributed by atoms with Crippen LogP contribution in [0.4, 0.5) is 5.69 Å². The van der Waals surface area contributed by atoms with E-state index in [9.17, 15) is 9.59 Å². The number of carbonyl (C=O) groups excluding carboxylic acids is 1. The van der Waals surface area contributed by atoms with Crippen LogP contribution < -0.4 is 21.9 Å². The van der Waals surface area contributed by atoms with Crippen LogP contribution in [0, 0.1) is 0 Å². The molecule has 0 bridgehead atoms. The molecule has 0 radical (unpaired) electrons. The van der Waals surface area contributed by atoms with Gasteiger partial charge in [-0.15, -0.1) is 0 Å². The fourth-order valence-electron chi connectivity index (χ4n) is 2.05. The molecule has 3 N–H and O–H groups in total. The summed E-state index contributed by atoms with van der Waals surface area (Å²) in [5, 5.41) is 4.06. The standard InChI is InChI=1S/C11H17N5O3/c12-14-19-11(18)3-6-16-10(17)7-9(8-13-16)15-4-1-2-5-15/h7-8,14H,1-6,12H2. The summed E-state index contributed by atoms with van der Waals surface area (Å²) in [6.45, 7) is 2.08. The first kappa shape index (κ1) is 13.5. The molecule has 0 aliphatic carbocycles. The van der Waals surface area contributed by atoms with Crippen molar-refractivity contribution in [3.05, 3.63) is 22.6 Å². The number of hydrazine groups is 1. The van der Waals surface area contributed by atoms with Gasteiger partial charge in [0, 0.05) is 19.2 Å². The van der Waals surface area contributed by atoms with Gasteiger partial charge >= 0.3 is 5.97 Å². The van der Waals surface area contributed by atoms with Crippen molar-refractivity contribution in [1.82, 2.24) is 15.4 Å². The van der Waals surface area contributed by atoms with Crippen LogP contribution in [-0.2, 0) is 16.2 Å². The van der Waals surface area contributed by atoms with Crippen LogP contribution in [0.15, 0.2) is 17.1 Å². The van der Waals surface area contributed by atoms with E-state index in [1.807, 2.05) is 0 Å². The number of nitrogens with zero attached hydrogens (tertiary/aromatic N) is 3. The van der Waals surface area contributed by atoms with E-state index in [0.29, 0.717) is 0 Å². The van der Waals surface area contributed by atoms with Crippen LogP contribution in [-0.4, -0.2) is 28.8 Å². The normalized spacial score (nSPS) is 14.7. The molecule has 0 amide bonds. The van der Waals surface area contributed by atoms with E-state index in [4.69, 9.17) is 5.84 Å². The lowest BCUT2D eigenvalue weighted by Gasteiger charge is -2.16. The quantitative estimate of drug-likeness (QED) is 0.529. The molecule has 0 aromatic carbocycles. The lowest BCUT2D eigenvalue weighted by atomic mass is 10.4. The molecule has 0 spiro atoms. The molecule has 1 aromatic rings. The summed E-state index contributed by atoms with van der Waals surface area (Å²) in [5.74, 6) is 4.29. The molecule has 0 saturated carbocycles. The molecule has 2 heterocycles. The molecule has 1 saturated heterocycles. The van der Waals surface area contributed by atoms with Crippen LogP contribution >= 0.6 is 0 Å². The highest BCUT2D eigenvalue weighted by Gasteiger charge is 2.14. The maximum Gasteiger partial charge on any atom is 0.328 e. The SMILES string of the molecule is NNOC(=O)CCn1ncc(N2CCCC2)cc1=O. The highest BCUT2D eigenvalue weighted by molar-refractivity contribution is 5.68. The first-order valence-electron chi connectivity index (χ1n) is 6.18. The number of anilines is 1. The third kappa shape index (κ3) is 3.52. The van der Waals surface area contributed by atoms with Crippen molar-refractivity contribution in [2.75, 3.05) is 18.0 Å². The Morgan fingerprint density at radius 2 is 2.21 bits per heavy atom. The predicted molar refractivity (Wildman–Crippen MR) is 68.0 cm³/mol. The van der Waals surface area contributed by atoms with Crippen molar-refractivity contribution in [1.29, 1.82) is 0 Å². The van der Waals surface area contributed by atoms with E-state index >= 15 is 0 Å². The smallest absolute Gasteiger partial charge is 0.328 e. The number of nitrogens with one attached hydrogen (secondary N) is 1. The number of aromatic nitrogens is 2. The molecular formula is C11H17N5O3. The van der Waals surface area contributed by atoms with E-state index in [1.165, 1.54) is 4.68 Å². The first-order chi connectivity index (χ1) is 9.20. The lowest BCUT2D eigenvalue weighted by molar-refractivity contribution is -0.151. The number of nitrogens with two attached hydrogens (primary N) is 1. The van der Waals surface area contributed by atoms with Gasteiger partial charge in [0.25, 0.3) is 5.56 Å². The third-order valence-corrected chi connectivity index (χ3v) is 3.03. The summed E-state index contributed by atoms with van der Waals surface area (Å²) < 4.78 is 1.23. The Labute approximate surface area is 110 Å². The fraction of sp³-hybridized carbons (Fsp3) is 0.545. The van der Waals surface area contributed by atoms with Crippen molar-refractivity contribution in [2.24, 2.45) is 5.84 Å². The van der Waals surface area contributed by atoms with Gasteiger partial charge in [-0.25, -0.2) is 10.5 Å². The van der Waals surface area contributed by atoms with Crippen molar-refractivity contribution < 1.29 is 9.63 Å². The molecule has 1 aliphatic rings. The van der Waals surface area contributed by atoms with Crippen LogP contribution in [0.25, 0.3) is 0 Å². The van der Waals surface area contributed by atoms with Crippen molar-refractivity contribution in [3.63, 3.8) is 0 Å². The van der Waals surface area contributed by atoms with Crippen LogP contribution in [0.3, 0.4) is 0 Å². The van der Waals surface area contributed by atoms with Gasteiger partial charge in [0.05, 0.1) is 24.8 Å². The Kier molecular flexibility index (Phi) is 4.48. The van der Waals surface area contributed by atoms with Crippen LogP contribution in [0.1, 0.15) is 19.3 Å². The summed E-state index contributed by atoms with van der Waals surface area (Å²) in [6.07, 6.45) is 3.96. The Morgan fingerprint density at radius 3 is 2.84 bits per heavy atom. The van der Waals surface area contributed by atoms with Gasteiger partial charge in [-0.1, -0.05) is 5.59 Å². The lowest BCUT2D eigenvalue weighted by Crippen LogP contribution is -2.29. The number of hydrogen-bond acceptors (Lipinski definition) is 7. The maximum absolute atomic E-state index is 11.8. The van der Waals surface area contributed by atoms with E-state index in [0.717, 1.165) is 31.6 Å². The van der Waals surface area contributed by atoms with Gasteiger partial charge in [0.1, 0.15) is 0 Å². The predicted octanol–water partition coefficient (Wildman–Crippen LogP) is -0.845. The van der Waals surface area contributed by atoms with Crippen LogP contribution in [0.5, 0.6) is 0 Å². The second-order valence-corrected chi connectivity index (χ2v) is 4.31. The summed E-state index contributed by atoms with van der Waals surface area (Å²) >= 11 is 0. The molecule has 1 aromatic heterocycles. The molecule has 1 fully saturated rings. The fourth-order valence-corrected chi connectivity index (χ4v) is 2.05. The summed E-state index contributed by atoms with van der Waals surface area (Å²) in [5.41, 5.74) is 2.41. The average Bonchev–Trinajstić information content (AvgIpc) is 2.91. The van der Waals surface area contributed by atoms with Crippen molar-refractivity contribution in [2.45, 2.75) is 25.8 Å². The van der Waals surface area contributed by atoms with E-state index in [1.54, 1.807) is 17.9 Å². The molecular weight excluding hydrogens is 250 g/mol. The molecule has 104 valence electrons. The molecule has 19 heavy (non-hydrogen) atoms. The minimum atomic E-state index is -0.542. The number of rotatable bonds is 5. The van der Waals surface area contributed by atoms with Crippen molar-refractivity contribution >= 4 is 11.7 Å². The van der Waals surface area contributed by atoms with E-state index < -0.39 is 5.97 Å². The molecule has 8 heteroatoms. The number of hydrogen-bond donors (Lipinski definition) is 2. The summed E-state index contributed by atoms with van der Waals surface area (Å²) in [6, 6.07) is 1.55. The monoisotopic (exact) mass is 267 g/mol. The summed E-state index contributed by atoms with van der Waals surface area (Å²) in [4.78, 5) is 29.4. The van der Waals surface area contributed by atoms with Gasteiger partial charge in [-0.2, -0.15) is 5.10 Å².